The molecular weight excluding hydrogens is 374 g/mol. The van der Waals surface area contributed by atoms with Crippen LogP contribution in [0.1, 0.15) is 37.4 Å². The zero-order chi connectivity index (χ0) is 20.3. The summed E-state index contributed by atoms with van der Waals surface area (Å²) in [4.78, 5) is 29.2. The summed E-state index contributed by atoms with van der Waals surface area (Å²) in [6.45, 7) is 5.80. The third-order valence-electron chi connectivity index (χ3n) is 4.56. The highest BCUT2D eigenvalue weighted by Crippen LogP contribution is 2.21. The molecule has 142 valence electrons. The molecule has 0 aliphatic heterocycles. The van der Waals surface area contributed by atoms with Crippen molar-refractivity contribution in [3.8, 4) is 0 Å². The lowest BCUT2D eigenvalue weighted by atomic mass is 10.1. The van der Waals surface area contributed by atoms with Crippen LogP contribution in [0.3, 0.4) is 0 Å². The van der Waals surface area contributed by atoms with Crippen molar-refractivity contribution in [1.82, 2.24) is 4.98 Å². The molecule has 6 heteroatoms. The minimum absolute atomic E-state index is 0.285. The van der Waals surface area contributed by atoms with Crippen molar-refractivity contribution in [1.29, 1.82) is 0 Å². The molecule has 3 aromatic rings. The summed E-state index contributed by atoms with van der Waals surface area (Å²) in [6, 6.07) is 12.5. The van der Waals surface area contributed by atoms with Gasteiger partial charge in [-0.25, -0.2) is 0 Å². The molecule has 0 aliphatic rings. The normalized spacial score (nSPS) is 10.4. The Morgan fingerprint density at radius 1 is 0.821 bits per heavy atom. The van der Waals surface area contributed by atoms with Gasteiger partial charge in [0.15, 0.2) is 0 Å². The van der Waals surface area contributed by atoms with E-state index in [9.17, 15) is 9.59 Å². The van der Waals surface area contributed by atoms with Crippen molar-refractivity contribution in [2.24, 2.45) is 0 Å². The van der Waals surface area contributed by atoms with Gasteiger partial charge in [-0.15, -0.1) is 0 Å². The van der Waals surface area contributed by atoms with Gasteiger partial charge in [0.1, 0.15) is 0 Å². The monoisotopic (exact) mass is 393 g/mol. The fourth-order valence-corrected chi connectivity index (χ4v) is 2.86. The van der Waals surface area contributed by atoms with Gasteiger partial charge in [-0.1, -0.05) is 29.8 Å². The molecular formula is C22H20ClN3O2. The highest BCUT2D eigenvalue weighted by molar-refractivity contribution is 6.31. The Kier molecular flexibility index (Phi) is 5.76. The maximum absolute atomic E-state index is 12.6. The molecule has 0 saturated carbocycles. The van der Waals surface area contributed by atoms with E-state index in [-0.39, 0.29) is 17.4 Å². The fourth-order valence-electron chi connectivity index (χ4n) is 2.69. The predicted molar refractivity (Wildman–Crippen MR) is 112 cm³/mol. The van der Waals surface area contributed by atoms with Gasteiger partial charge < -0.3 is 10.6 Å². The van der Waals surface area contributed by atoms with E-state index in [2.05, 4.69) is 15.6 Å². The van der Waals surface area contributed by atoms with Crippen LogP contribution in [0.15, 0.2) is 54.9 Å². The number of amides is 2. The zero-order valence-corrected chi connectivity index (χ0v) is 16.6. The highest BCUT2D eigenvalue weighted by Gasteiger charge is 2.14. The summed E-state index contributed by atoms with van der Waals surface area (Å²) < 4.78 is 0. The van der Waals surface area contributed by atoms with E-state index < -0.39 is 0 Å². The molecule has 0 unspecified atom stereocenters. The Morgan fingerprint density at radius 3 is 2.14 bits per heavy atom. The number of nitrogens with one attached hydrogen (secondary N) is 2. The van der Waals surface area contributed by atoms with Crippen molar-refractivity contribution in [3.05, 3.63) is 87.7 Å². The van der Waals surface area contributed by atoms with E-state index in [0.29, 0.717) is 16.3 Å². The topological polar surface area (TPSA) is 71.1 Å². The van der Waals surface area contributed by atoms with Gasteiger partial charge in [0.25, 0.3) is 11.8 Å². The van der Waals surface area contributed by atoms with E-state index in [0.717, 1.165) is 22.4 Å². The summed E-state index contributed by atoms with van der Waals surface area (Å²) in [7, 11) is 0. The first-order chi connectivity index (χ1) is 13.3. The van der Waals surface area contributed by atoms with Crippen molar-refractivity contribution in [3.63, 3.8) is 0 Å². The van der Waals surface area contributed by atoms with Crippen LogP contribution in [0.25, 0.3) is 0 Å². The maximum atomic E-state index is 12.6. The van der Waals surface area contributed by atoms with Gasteiger partial charge in [-0.05, 0) is 61.7 Å². The van der Waals surface area contributed by atoms with Gasteiger partial charge in [-0.2, -0.15) is 0 Å². The number of carbonyl (C=O) groups excluding carboxylic acids is 2. The lowest BCUT2D eigenvalue weighted by Crippen LogP contribution is -2.17. The second-order valence-electron chi connectivity index (χ2n) is 6.58. The number of aromatic nitrogens is 1. The van der Waals surface area contributed by atoms with Crippen LogP contribution in [-0.4, -0.2) is 16.8 Å². The third-order valence-corrected chi connectivity index (χ3v) is 4.80. The first kappa shape index (κ1) is 19.6. The smallest absolute Gasteiger partial charge is 0.257 e. The van der Waals surface area contributed by atoms with Crippen molar-refractivity contribution >= 4 is 34.8 Å². The van der Waals surface area contributed by atoms with Crippen LogP contribution in [-0.2, 0) is 0 Å². The molecule has 0 radical (unpaired) electrons. The second kappa shape index (κ2) is 8.23. The highest BCUT2D eigenvalue weighted by atomic mass is 35.5. The van der Waals surface area contributed by atoms with Crippen LogP contribution < -0.4 is 10.6 Å². The van der Waals surface area contributed by atoms with Gasteiger partial charge in [0.05, 0.1) is 11.1 Å². The van der Waals surface area contributed by atoms with E-state index in [1.807, 2.05) is 45.0 Å². The van der Waals surface area contributed by atoms with Crippen LogP contribution >= 0.6 is 11.6 Å². The summed E-state index contributed by atoms with van der Waals surface area (Å²) in [5.74, 6) is -0.686. The molecule has 0 saturated heterocycles. The molecule has 1 heterocycles. The minimum atomic E-state index is -0.362. The molecule has 2 N–H and O–H groups in total. The van der Waals surface area contributed by atoms with Crippen molar-refractivity contribution < 1.29 is 9.59 Å². The van der Waals surface area contributed by atoms with Crippen LogP contribution in [0.2, 0.25) is 5.02 Å². The second-order valence-corrected chi connectivity index (χ2v) is 7.01. The summed E-state index contributed by atoms with van der Waals surface area (Å²) >= 11 is 6.00. The number of anilines is 2. The molecule has 5 nitrogen and oxygen atoms in total. The van der Waals surface area contributed by atoms with Gasteiger partial charge in [0.2, 0.25) is 0 Å². The molecule has 2 amide bonds. The number of carbonyl (C=O) groups is 2. The molecule has 28 heavy (non-hydrogen) atoms. The average Bonchev–Trinajstić information content (AvgIpc) is 2.68. The first-order valence-electron chi connectivity index (χ1n) is 8.75. The SMILES string of the molecule is Cc1ccc(Cl)cc1NC(=O)c1cncc(C(=O)Nc2cccc(C)c2C)c1. The third kappa shape index (κ3) is 4.38. The van der Waals surface area contributed by atoms with E-state index in [1.54, 1.807) is 12.1 Å². The maximum Gasteiger partial charge on any atom is 0.257 e. The average molecular weight is 394 g/mol. The standard InChI is InChI=1S/C22H20ClN3O2/c1-13-5-4-6-19(15(13)3)25-21(27)16-9-17(12-24-11-16)22(28)26-20-10-18(23)8-7-14(20)2/h4-12H,1-3H3,(H,25,27)(H,26,28). The molecule has 2 aromatic carbocycles. The van der Waals surface area contributed by atoms with Gasteiger partial charge in [-0.3, -0.25) is 14.6 Å². The zero-order valence-electron chi connectivity index (χ0n) is 15.8. The Morgan fingerprint density at radius 2 is 1.46 bits per heavy atom. The number of aryl methyl sites for hydroxylation is 2. The number of rotatable bonds is 4. The number of pyridine rings is 1. The summed E-state index contributed by atoms with van der Waals surface area (Å²) in [5.41, 5.74) is 4.89. The summed E-state index contributed by atoms with van der Waals surface area (Å²) in [5, 5.41) is 6.20. The largest absolute Gasteiger partial charge is 0.322 e. The summed E-state index contributed by atoms with van der Waals surface area (Å²) in [6.07, 6.45) is 2.85. The molecule has 3 rings (SSSR count). The van der Waals surface area contributed by atoms with Crippen LogP contribution in [0, 0.1) is 20.8 Å². The first-order valence-corrected chi connectivity index (χ1v) is 9.13. The van der Waals surface area contributed by atoms with Crippen molar-refractivity contribution in [2.75, 3.05) is 10.6 Å². The van der Waals surface area contributed by atoms with Crippen LogP contribution in [0.4, 0.5) is 11.4 Å². The van der Waals surface area contributed by atoms with E-state index in [1.165, 1.54) is 18.5 Å². The molecule has 0 aliphatic carbocycles. The van der Waals surface area contributed by atoms with Crippen molar-refractivity contribution in [2.45, 2.75) is 20.8 Å². The number of benzene rings is 2. The Labute approximate surface area is 168 Å². The number of nitrogens with zero attached hydrogens (tertiary/aromatic N) is 1. The van der Waals surface area contributed by atoms with Crippen LogP contribution in [0.5, 0.6) is 0 Å². The minimum Gasteiger partial charge on any atom is -0.322 e. The number of hydrogen-bond acceptors (Lipinski definition) is 3. The molecule has 0 atom stereocenters. The number of halogens is 1. The molecule has 0 spiro atoms. The molecule has 0 fully saturated rings. The lowest BCUT2D eigenvalue weighted by molar-refractivity contribution is 0.102. The predicted octanol–water partition coefficient (Wildman–Crippen LogP) is 5.16. The van der Waals surface area contributed by atoms with E-state index >= 15 is 0 Å². The van der Waals surface area contributed by atoms with E-state index in [4.69, 9.17) is 11.6 Å². The Bertz CT molecular complexity index is 1030. The van der Waals surface area contributed by atoms with Gasteiger partial charge >= 0.3 is 0 Å². The Balaban J connectivity index is 1.79. The quantitative estimate of drug-likeness (QED) is 0.642. The molecule has 0 bridgehead atoms. The number of hydrogen-bond donors (Lipinski definition) is 2. The van der Waals surface area contributed by atoms with Gasteiger partial charge in [0, 0.05) is 28.8 Å². The molecule has 1 aromatic heterocycles. The Hall–Kier alpha value is -3.18. The fraction of sp³-hybridized carbons (Fsp3) is 0.136. The lowest BCUT2D eigenvalue weighted by Gasteiger charge is -2.11.